The molecule has 1 heterocycles. The van der Waals surface area contributed by atoms with Gasteiger partial charge in [-0.3, -0.25) is 18.7 Å². The fourth-order valence-electron chi connectivity index (χ4n) is 2.71. The summed E-state index contributed by atoms with van der Waals surface area (Å²) in [7, 11) is -2.98. The van der Waals surface area contributed by atoms with Gasteiger partial charge in [0, 0.05) is 19.3 Å². The van der Waals surface area contributed by atoms with Crippen molar-refractivity contribution in [2.24, 2.45) is 10.2 Å². The number of nitrogens with one attached hydrogen (secondary N) is 1. The number of hydrogen-bond acceptors (Lipinski definition) is 8. The third-order valence-corrected chi connectivity index (χ3v) is 5.01. The molecule has 0 aliphatic carbocycles. The molecule has 10 nitrogen and oxygen atoms in total. The number of carbonyl (C=O) groups is 1. The van der Waals surface area contributed by atoms with Crippen LogP contribution in [0, 0.1) is 6.92 Å². The molecule has 150 valence electrons. The summed E-state index contributed by atoms with van der Waals surface area (Å²) in [5.41, 5.74) is -0.575. The first-order valence-electron chi connectivity index (χ1n) is 8.21. The summed E-state index contributed by atoms with van der Waals surface area (Å²) in [5, 5.41) is 20.7. The molecule has 0 radical (unpaired) electrons. The zero-order valence-corrected chi connectivity index (χ0v) is 16.5. The molecule has 0 fully saturated rings. The molecule has 0 saturated heterocycles. The molecule has 11 heteroatoms. The summed E-state index contributed by atoms with van der Waals surface area (Å²) in [6.07, 6.45) is 0. The zero-order chi connectivity index (χ0) is 21.2. The first kappa shape index (κ1) is 21.3. The van der Waals surface area contributed by atoms with Crippen LogP contribution >= 0.6 is 0 Å². The monoisotopic (exact) mass is 408 g/mol. The Morgan fingerprint density at radius 3 is 2.43 bits per heavy atom. The van der Waals surface area contributed by atoms with Gasteiger partial charge < -0.3 is 10.4 Å². The number of anilines is 1. The van der Waals surface area contributed by atoms with Crippen LogP contribution in [0.4, 0.5) is 17.1 Å². The summed E-state index contributed by atoms with van der Waals surface area (Å²) in [5.74, 6) is -0.934. The van der Waals surface area contributed by atoms with Crippen LogP contribution in [-0.2, 0) is 16.7 Å². The fourth-order valence-corrected chi connectivity index (χ4v) is 3.32. The van der Waals surface area contributed by atoms with Crippen LogP contribution in [0.5, 0.6) is 5.88 Å². The van der Waals surface area contributed by atoms with Crippen LogP contribution in [-0.4, -0.2) is 35.5 Å². The largest absolute Gasteiger partial charge is 0.494 e. The molecule has 1 aromatic carbocycles. The van der Waals surface area contributed by atoms with Crippen molar-refractivity contribution in [3.05, 3.63) is 39.7 Å². The van der Waals surface area contributed by atoms with E-state index in [-0.39, 0.29) is 29.0 Å². The number of hydrogen-bond donors (Lipinski definition) is 3. The number of ketones is 1. The maximum absolute atomic E-state index is 12.6. The minimum absolute atomic E-state index is 0.0746. The van der Waals surface area contributed by atoms with Gasteiger partial charge in [0.1, 0.15) is 10.6 Å². The first-order valence-corrected chi connectivity index (χ1v) is 9.65. The van der Waals surface area contributed by atoms with Crippen LogP contribution in [0.3, 0.4) is 0 Å². The van der Waals surface area contributed by atoms with E-state index in [4.69, 9.17) is 0 Å². The number of aromatic nitrogens is 1. The summed E-state index contributed by atoms with van der Waals surface area (Å²) in [6.45, 7) is 4.35. The molecule has 0 amide bonds. The van der Waals surface area contributed by atoms with Gasteiger partial charge in [0.25, 0.3) is 15.7 Å². The fraction of sp³-hybridized carbons (Fsp3) is 0.294. The Hall–Kier alpha value is -3.05. The second-order valence-corrected chi connectivity index (χ2v) is 7.28. The van der Waals surface area contributed by atoms with Gasteiger partial charge in [0.15, 0.2) is 11.5 Å². The van der Waals surface area contributed by atoms with E-state index in [2.05, 4.69) is 15.5 Å². The van der Waals surface area contributed by atoms with E-state index >= 15 is 0 Å². The van der Waals surface area contributed by atoms with E-state index in [1.165, 1.54) is 26.0 Å². The predicted molar refractivity (Wildman–Crippen MR) is 103 cm³/mol. The zero-order valence-electron chi connectivity index (χ0n) is 15.7. The smallest absolute Gasteiger partial charge is 0.296 e. The third-order valence-electron chi connectivity index (χ3n) is 4.11. The van der Waals surface area contributed by atoms with Crippen molar-refractivity contribution < 1.29 is 22.9 Å². The molecule has 2 aromatic rings. The molecule has 0 spiro atoms. The Morgan fingerprint density at radius 1 is 1.29 bits per heavy atom. The Labute approximate surface area is 161 Å². The number of Topliss-reactive ketones (excluding diaryl/α,β-unsaturated/α-hetero) is 1. The second kappa shape index (κ2) is 7.90. The van der Waals surface area contributed by atoms with Crippen LogP contribution in [0.2, 0.25) is 0 Å². The maximum Gasteiger partial charge on any atom is 0.296 e. The third kappa shape index (κ3) is 3.94. The van der Waals surface area contributed by atoms with Gasteiger partial charge in [0.2, 0.25) is 5.88 Å². The Morgan fingerprint density at radius 2 is 1.93 bits per heavy atom. The van der Waals surface area contributed by atoms with E-state index in [1.807, 2.05) is 0 Å². The van der Waals surface area contributed by atoms with E-state index in [1.54, 1.807) is 14.0 Å². The van der Waals surface area contributed by atoms with Crippen LogP contribution in [0.25, 0.3) is 0 Å². The quantitative estimate of drug-likeness (QED) is 0.378. The minimum atomic E-state index is -4.58. The molecule has 0 bridgehead atoms. The average Bonchev–Trinajstić information content (AvgIpc) is 2.60. The molecular formula is C17H20N4O6S. The average molecular weight is 408 g/mol. The molecule has 3 N–H and O–H groups in total. The number of pyridine rings is 1. The van der Waals surface area contributed by atoms with E-state index in [9.17, 15) is 27.7 Å². The normalized spacial score (nSPS) is 11.8. The second-order valence-electron chi connectivity index (χ2n) is 5.89. The lowest BCUT2D eigenvalue weighted by molar-refractivity contribution is 0.101. The Kier molecular flexibility index (Phi) is 6.00. The number of rotatable bonds is 6. The highest BCUT2D eigenvalue weighted by Gasteiger charge is 2.22. The maximum atomic E-state index is 12.6. The van der Waals surface area contributed by atoms with Gasteiger partial charge in [0.05, 0.1) is 5.56 Å². The lowest BCUT2D eigenvalue weighted by atomic mass is 10.1. The first-order chi connectivity index (χ1) is 13.0. The van der Waals surface area contributed by atoms with Crippen molar-refractivity contribution in [1.29, 1.82) is 0 Å². The highest BCUT2D eigenvalue weighted by atomic mass is 32.2. The van der Waals surface area contributed by atoms with E-state index < -0.39 is 32.2 Å². The molecule has 28 heavy (non-hydrogen) atoms. The molecule has 1 aromatic heterocycles. The Balaban J connectivity index is 2.77. The molecule has 2 rings (SSSR count). The molecular weight excluding hydrogens is 388 g/mol. The summed E-state index contributed by atoms with van der Waals surface area (Å²) < 4.78 is 33.5. The van der Waals surface area contributed by atoms with Crippen molar-refractivity contribution in [1.82, 2.24) is 4.57 Å². The summed E-state index contributed by atoms with van der Waals surface area (Å²) in [6, 6.07) is 3.89. The molecule has 0 aliphatic heterocycles. The van der Waals surface area contributed by atoms with Crippen LogP contribution < -0.4 is 10.9 Å². The summed E-state index contributed by atoms with van der Waals surface area (Å²) >= 11 is 0. The van der Waals surface area contributed by atoms with Crippen molar-refractivity contribution in [3.8, 4) is 5.88 Å². The van der Waals surface area contributed by atoms with Crippen molar-refractivity contribution >= 4 is 33.0 Å². The number of nitrogens with zero attached hydrogens (tertiary/aromatic N) is 3. The lowest BCUT2D eigenvalue weighted by Crippen LogP contribution is -2.22. The van der Waals surface area contributed by atoms with Crippen molar-refractivity contribution in [3.63, 3.8) is 0 Å². The van der Waals surface area contributed by atoms with Gasteiger partial charge in [-0.2, -0.15) is 8.42 Å². The predicted octanol–water partition coefficient (Wildman–Crippen LogP) is 2.79. The van der Waals surface area contributed by atoms with Gasteiger partial charge in [-0.1, -0.05) is 0 Å². The number of aromatic hydroxyl groups is 1. The number of carbonyl (C=O) groups excluding carboxylic acids is 1. The SMILES string of the molecule is CCn1c(O)c(C(C)=O)c(C)c(N=Nc2cc(NC)ccc2S(=O)(=O)O)c1=O. The van der Waals surface area contributed by atoms with Gasteiger partial charge in [-0.15, -0.1) is 10.2 Å². The van der Waals surface area contributed by atoms with E-state index in [0.29, 0.717) is 5.69 Å². The van der Waals surface area contributed by atoms with Gasteiger partial charge in [-0.05, 0) is 44.5 Å². The lowest BCUT2D eigenvalue weighted by Gasteiger charge is -2.13. The number of azo groups is 1. The molecule has 0 aliphatic rings. The minimum Gasteiger partial charge on any atom is -0.494 e. The van der Waals surface area contributed by atoms with Crippen LogP contribution in [0.1, 0.15) is 29.8 Å². The number of benzene rings is 1. The van der Waals surface area contributed by atoms with Crippen molar-refractivity contribution in [2.75, 3.05) is 12.4 Å². The van der Waals surface area contributed by atoms with Gasteiger partial charge >= 0.3 is 0 Å². The summed E-state index contributed by atoms with van der Waals surface area (Å²) in [4.78, 5) is 24.0. The Bertz CT molecular complexity index is 1140. The molecule has 0 atom stereocenters. The molecule has 0 saturated carbocycles. The highest BCUT2D eigenvalue weighted by Crippen LogP contribution is 2.31. The topological polar surface area (TPSA) is 150 Å². The molecule has 0 unspecified atom stereocenters. The van der Waals surface area contributed by atoms with Gasteiger partial charge in [-0.25, -0.2) is 0 Å². The highest BCUT2D eigenvalue weighted by molar-refractivity contribution is 7.86. The standard InChI is InChI=1S/C17H20N4O6S/c1-5-21-16(23)14(10(3)22)9(2)15(17(21)24)20-19-12-8-11(18-4)6-7-13(12)28(25,26)27/h6-8,18,23H,5H2,1-4H3,(H,25,26,27). The van der Waals surface area contributed by atoms with Crippen LogP contribution in [0.15, 0.2) is 38.1 Å². The van der Waals surface area contributed by atoms with Crippen molar-refractivity contribution in [2.45, 2.75) is 32.2 Å². The van der Waals surface area contributed by atoms with E-state index in [0.717, 1.165) is 10.6 Å².